The molecule has 1 aromatic rings. The van der Waals surface area contributed by atoms with Crippen LogP contribution >= 0.6 is 11.6 Å². The molecule has 1 aliphatic heterocycles. The van der Waals surface area contributed by atoms with Gasteiger partial charge in [0, 0.05) is 17.0 Å². The Morgan fingerprint density at radius 2 is 2.21 bits per heavy atom. The maximum Gasteiger partial charge on any atom is 0.0505 e. The lowest BCUT2D eigenvalue weighted by molar-refractivity contribution is 0.963. The first-order valence-electron chi connectivity index (χ1n) is 4.67. The van der Waals surface area contributed by atoms with E-state index in [2.05, 4.69) is 31.0 Å². The fraction of sp³-hybridized carbons (Fsp3) is 0.167. The molecule has 0 bridgehead atoms. The van der Waals surface area contributed by atoms with Crippen molar-refractivity contribution in [1.29, 1.82) is 0 Å². The third kappa shape index (κ3) is 1.44. The van der Waals surface area contributed by atoms with Gasteiger partial charge in [-0.15, -0.1) is 0 Å². The average molecular weight is 206 g/mol. The Morgan fingerprint density at radius 1 is 1.43 bits per heavy atom. The van der Waals surface area contributed by atoms with Crippen molar-refractivity contribution in [2.24, 2.45) is 0 Å². The van der Waals surface area contributed by atoms with Crippen molar-refractivity contribution >= 4 is 23.4 Å². The zero-order valence-corrected chi connectivity index (χ0v) is 8.86. The van der Waals surface area contributed by atoms with Crippen LogP contribution in [0.25, 0.3) is 11.8 Å². The molecule has 0 atom stereocenters. The second kappa shape index (κ2) is 3.50. The topological polar surface area (TPSA) is 12.0 Å². The minimum atomic E-state index is 0.756. The van der Waals surface area contributed by atoms with Crippen LogP contribution in [-0.2, 0) is 0 Å². The summed E-state index contributed by atoms with van der Waals surface area (Å²) in [6.07, 6.45) is 3.10. The van der Waals surface area contributed by atoms with E-state index in [0.29, 0.717) is 0 Å². The maximum absolute atomic E-state index is 6.10. The zero-order chi connectivity index (χ0) is 10.1. The number of allylic oxidation sites excluding steroid dienone is 1. The minimum Gasteiger partial charge on any atom is -0.359 e. The van der Waals surface area contributed by atoms with Crippen LogP contribution < -0.4 is 5.32 Å². The van der Waals surface area contributed by atoms with Gasteiger partial charge in [0.1, 0.15) is 0 Å². The second-order valence-corrected chi connectivity index (χ2v) is 3.74. The summed E-state index contributed by atoms with van der Waals surface area (Å²) in [5, 5.41) is 4.00. The Kier molecular flexibility index (Phi) is 2.34. The Bertz CT molecular complexity index is 418. The molecule has 0 saturated carbocycles. The van der Waals surface area contributed by atoms with E-state index in [1.807, 2.05) is 12.1 Å². The molecule has 1 heterocycles. The molecule has 1 nitrogen and oxygen atoms in total. The number of nitrogens with one attached hydrogen (secondary N) is 1. The monoisotopic (exact) mass is 205 g/mol. The minimum absolute atomic E-state index is 0.756. The van der Waals surface area contributed by atoms with Crippen LogP contribution in [-0.4, -0.2) is 0 Å². The zero-order valence-electron chi connectivity index (χ0n) is 8.10. The normalized spacial score (nSPS) is 14.4. The summed E-state index contributed by atoms with van der Waals surface area (Å²) in [6, 6.07) is 5.91. The summed E-state index contributed by atoms with van der Waals surface area (Å²) in [5.41, 5.74) is 4.25. The van der Waals surface area contributed by atoms with Crippen molar-refractivity contribution < 1.29 is 0 Å². The number of hydrogen-bond acceptors (Lipinski definition) is 1. The van der Waals surface area contributed by atoms with Crippen molar-refractivity contribution in [3.8, 4) is 0 Å². The van der Waals surface area contributed by atoms with Crippen molar-refractivity contribution in [2.75, 3.05) is 0 Å². The van der Waals surface area contributed by atoms with E-state index in [9.17, 15) is 0 Å². The molecule has 0 fully saturated rings. The van der Waals surface area contributed by atoms with Gasteiger partial charge >= 0.3 is 0 Å². The predicted octanol–water partition coefficient (Wildman–Crippen LogP) is 3.66. The number of benzene rings is 1. The summed E-state index contributed by atoms with van der Waals surface area (Å²) in [4.78, 5) is 0. The van der Waals surface area contributed by atoms with Gasteiger partial charge in [-0.25, -0.2) is 0 Å². The SMILES string of the molecule is C=C1NC(CC)=Cc2cccc(Cl)c21. The molecule has 0 radical (unpaired) electrons. The first-order valence-corrected chi connectivity index (χ1v) is 5.05. The lowest BCUT2D eigenvalue weighted by atomic mass is 10.00. The van der Waals surface area contributed by atoms with Crippen LogP contribution in [0.3, 0.4) is 0 Å². The van der Waals surface area contributed by atoms with E-state index < -0.39 is 0 Å². The van der Waals surface area contributed by atoms with Crippen LogP contribution in [0, 0.1) is 0 Å². The highest BCUT2D eigenvalue weighted by Crippen LogP contribution is 2.31. The summed E-state index contributed by atoms with van der Waals surface area (Å²) in [6.45, 7) is 6.09. The maximum atomic E-state index is 6.10. The fourth-order valence-corrected chi connectivity index (χ4v) is 1.95. The van der Waals surface area contributed by atoms with E-state index in [4.69, 9.17) is 11.6 Å². The molecular weight excluding hydrogens is 194 g/mol. The van der Waals surface area contributed by atoms with Gasteiger partial charge in [0.15, 0.2) is 0 Å². The molecule has 0 saturated heterocycles. The van der Waals surface area contributed by atoms with Gasteiger partial charge in [-0.2, -0.15) is 0 Å². The van der Waals surface area contributed by atoms with E-state index in [0.717, 1.165) is 28.3 Å². The molecule has 1 N–H and O–H groups in total. The van der Waals surface area contributed by atoms with E-state index in [-0.39, 0.29) is 0 Å². The van der Waals surface area contributed by atoms with Crippen LogP contribution in [0.4, 0.5) is 0 Å². The van der Waals surface area contributed by atoms with E-state index in [1.165, 1.54) is 5.70 Å². The molecule has 14 heavy (non-hydrogen) atoms. The summed E-state index contributed by atoms with van der Waals surface area (Å²) >= 11 is 6.10. The van der Waals surface area contributed by atoms with Gasteiger partial charge in [0.25, 0.3) is 0 Å². The third-order valence-electron chi connectivity index (χ3n) is 2.37. The van der Waals surface area contributed by atoms with Crippen LogP contribution in [0.1, 0.15) is 24.5 Å². The smallest absolute Gasteiger partial charge is 0.0505 e. The Balaban J connectivity index is 2.60. The highest BCUT2D eigenvalue weighted by Gasteiger charge is 2.14. The fourth-order valence-electron chi connectivity index (χ4n) is 1.65. The largest absolute Gasteiger partial charge is 0.359 e. The van der Waals surface area contributed by atoms with Crippen molar-refractivity contribution in [3.05, 3.63) is 46.6 Å². The van der Waals surface area contributed by atoms with Crippen LogP contribution in [0.5, 0.6) is 0 Å². The van der Waals surface area contributed by atoms with E-state index in [1.54, 1.807) is 0 Å². The average Bonchev–Trinajstić information content (AvgIpc) is 2.17. The molecule has 0 aliphatic carbocycles. The lowest BCUT2D eigenvalue weighted by Crippen LogP contribution is -2.15. The molecular formula is C12H12ClN. The van der Waals surface area contributed by atoms with Gasteiger partial charge in [-0.3, -0.25) is 0 Å². The van der Waals surface area contributed by atoms with Crippen molar-refractivity contribution in [1.82, 2.24) is 5.32 Å². The third-order valence-corrected chi connectivity index (χ3v) is 2.68. The molecule has 2 heteroatoms. The van der Waals surface area contributed by atoms with Crippen molar-refractivity contribution in [3.63, 3.8) is 0 Å². The number of fused-ring (bicyclic) bond motifs is 1. The highest BCUT2D eigenvalue weighted by molar-refractivity contribution is 6.32. The van der Waals surface area contributed by atoms with Gasteiger partial charge in [-0.1, -0.05) is 37.2 Å². The van der Waals surface area contributed by atoms with Gasteiger partial charge < -0.3 is 5.32 Å². The second-order valence-electron chi connectivity index (χ2n) is 3.33. The molecule has 0 unspecified atom stereocenters. The molecule has 1 aliphatic rings. The number of hydrogen-bond donors (Lipinski definition) is 1. The van der Waals surface area contributed by atoms with E-state index >= 15 is 0 Å². The van der Waals surface area contributed by atoms with Gasteiger partial charge in [-0.05, 0) is 24.1 Å². The molecule has 0 aromatic heterocycles. The Labute approximate surface area is 89.1 Å². The summed E-state index contributed by atoms with van der Waals surface area (Å²) < 4.78 is 0. The molecule has 0 amide bonds. The summed E-state index contributed by atoms with van der Waals surface area (Å²) in [7, 11) is 0. The Hall–Kier alpha value is -1.21. The van der Waals surface area contributed by atoms with Crippen molar-refractivity contribution in [2.45, 2.75) is 13.3 Å². The predicted molar refractivity (Wildman–Crippen MR) is 61.9 cm³/mol. The molecule has 2 rings (SSSR count). The standard InChI is InChI=1S/C12H12ClN/c1-3-10-7-9-5-4-6-11(13)12(9)8(2)14-10/h4-7,14H,2-3H2,1H3. The van der Waals surface area contributed by atoms with Crippen LogP contribution in [0.2, 0.25) is 5.02 Å². The Morgan fingerprint density at radius 3 is 2.93 bits per heavy atom. The number of rotatable bonds is 1. The summed E-state index contributed by atoms with van der Waals surface area (Å²) in [5.74, 6) is 0. The molecule has 1 aromatic carbocycles. The lowest BCUT2D eigenvalue weighted by Gasteiger charge is -2.21. The molecule has 0 spiro atoms. The first kappa shape index (κ1) is 9.35. The molecule has 72 valence electrons. The number of halogens is 1. The quantitative estimate of drug-likeness (QED) is 0.738. The van der Waals surface area contributed by atoms with Gasteiger partial charge in [0.05, 0.1) is 5.02 Å². The first-order chi connectivity index (χ1) is 6.72. The van der Waals surface area contributed by atoms with Gasteiger partial charge in [0.2, 0.25) is 0 Å². The van der Waals surface area contributed by atoms with Crippen LogP contribution in [0.15, 0.2) is 30.5 Å². The highest BCUT2D eigenvalue weighted by atomic mass is 35.5.